The number of halogens is 1. The normalized spacial score (nSPS) is 19.5. The van der Waals surface area contributed by atoms with Crippen LogP contribution in [0.1, 0.15) is 36.8 Å². The maximum Gasteiger partial charge on any atom is 0.124 e. The summed E-state index contributed by atoms with van der Waals surface area (Å²) in [6.45, 7) is 5.63. The molecule has 1 aromatic heterocycles. The summed E-state index contributed by atoms with van der Waals surface area (Å²) in [5.41, 5.74) is 2.98. The zero-order valence-electron chi connectivity index (χ0n) is 14.6. The number of hydrogen-bond donors (Lipinski definition) is 0. The van der Waals surface area contributed by atoms with Gasteiger partial charge in [-0.05, 0) is 37.5 Å². The molecule has 0 atom stereocenters. The van der Waals surface area contributed by atoms with Gasteiger partial charge in [0.2, 0.25) is 0 Å². The Bertz CT molecular complexity index is 828. The summed E-state index contributed by atoms with van der Waals surface area (Å²) in [6.07, 6.45) is 6.94. The monoisotopic (exact) mass is 338 g/mol. The standard InChI is InChI=1S/C20H23FN4/c1-14-10-16(21)11-18-19(14)23-13-15(12-22)20(18)25-8-6-24(7-9-25)17-4-2-3-5-17/h10-11,13,17H,2-9H2,1H3. The lowest BCUT2D eigenvalue weighted by atomic mass is 10.0. The van der Waals surface area contributed by atoms with Crippen molar-refractivity contribution in [2.75, 3.05) is 31.1 Å². The molecule has 0 radical (unpaired) electrons. The molecule has 0 spiro atoms. The van der Waals surface area contributed by atoms with Crippen LogP contribution < -0.4 is 4.90 Å². The average Bonchev–Trinajstić information content (AvgIpc) is 3.15. The summed E-state index contributed by atoms with van der Waals surface area (Å²) in [6, 6.07) is 6.00. The maximum atomic E-state index is 14.0. The van der Waals surface area contributed by atoms with E-state index in [-0.39, 0.29) is 5.82 Å². The zero-order chi connectivity index (χ0) is 17.4. The van der Waals surface area contributed by atoms with E-state index >= 15 is 0 Å². The summed E-state index contributed by atoms with van der Waals surface area (Å²) in [7, 11) is 0. The van der Waals surface area contributed by atoms with E-state index < -0.39 is 0 Å². The zero-order valence-corrected chi connectivity index (χ0v) is 14.6. The van der Waals surface area contributed by atoms with E-state index in [0.717, 1.165) is 54.4 Å². The fourth-order valence-corrected chi connectivity index (χ4v) is 4.43. The Morgan fingerprint density at radius 1 is 1.16 bits per heavy atom. The van der Waals surface area contributed by atoms with E-state index in [2.05, 4.69) is 20.9 Å². The van der Waals surface area contributed by atoms with Crippen LogP contribution in [0.25, 0.3) is 10.9 Å². The predicted octanol–water partition coefficient (Wildman–Crippen LogP) is 3.62. The summed E-state index contributed by atoms with van der Waals surface area (Å²) < 4.78 is 14.0. The molecule has 1 aromatic carbocycles. The minimum Gasteiger partial charge on any atom is -0.367 e. The molecule has 2 heterocycles. The van der Waals surface area contributed by atoms with Gasteiger partial charge in [0.1, 0.15) is 11.9 Å². The molecule has 0 amide bonds. The van der Waals surface area contributed by atoms with Crippen LogP contribution in [0.3, 0.4) is 0 Å². The van der Waals surface area contributed by atoms with Crippen LogP contribution in [0.2, 0.25) is 0 Å². The van der Waals surface area contributed by atoms with Crippen molar-refractivity contribution in [3.63, 3.8) is 0 Å². The largest absolute Gasteiger partial charge is 0.367 e. The van der Waals surface area contributed by atoms with Crippen molar-refractivity contribution in [3.8, 4) is 6.07 Å². The van der Waals surface area contributed by atoms with Gasteiger partial charge in [-0.25, -0.2) is 4.39 Å². The molecule has 0 N–H and O–H groups in total. The first-order chi connectivity index (χ1) is 12.2. The van der Waals surface area contributed by atoms with Gasteiger partial charge in [0.15, 0.2) is 0 Å². The smallest absolute Gasteiger partial charge is 0.124 e. The highest BCUT2D eigenvalue weighted by Gasteiger charge is 2.28. The molecular weight excluding hydrogens is 315 g/mol. The molecule has 2 aliphatic rings. The second-order valence-corrected chi connectivity index (χ2v) is 7.21. The molecular formula is C20H23FN4. The maximum absolute atomic E-state index is 14.0. The summed E-state index contributed by atoms with van der Waals surface area (Å²) >= 11 is 0. The highest BCUT2D eigenvalue weighted by Crippen LogP contribution is 2.33. The fraction of sp³-hybridized carbons (Fsp3) is 0.500. The Morgan fingerprint density at radius 3 is 2.56 bits per heavy atom. The molecule has 1 saturated heterocycles. The van der Waals surface area contributed by atoms with Gasteiger partial charge in [-0.2, -0.15) is 5.26 Å². The number of pyridine rings is 1. The first-order valence-electron chi connectivity index (χ1n) is 9.15. The third-order valence-corrected chi connectivity index (χ3v) is 5.69. The van der Waals surface area contributed by atoms with E-state index in [1.807, 2.05) is 6.92 Å². The average molecular weight is 338 g/mol. The van der Waals surface area contributed by atoms with Crippen LogP contribution in [0.5, 0.6) is 0 Å². The Balaban J connectivity index is 1.68. The number of benzene rings is 1. The van der Waals surface area contributed by atoms with Gasteiger partial charge < -0.3 is 4.90 Å². The fourth-order valence-electron chi connectivity index (χ4n) is 4.43. The lowest BCUT2D eigenvalue weighted by Crippen LogP contribution is -2.50. The van der Waals surface area contributed by atoms with Crippen molar-refractivity contribution in [3.05, 3.63) is 35.3 Å². The van der Waals surface area contributed by atoms with Gasteiger partial charge in [0.25, 0.3) is 0 Å². The first-order valence-corrected chi connectivity index (χ1v) is 9.15. The van der Waals surface area contributed by atoms with E-state index in [1.54, 1.807) is 6.20 Å². The number of fused-ring (bicyclic) bond motifs is 1. The number of piperazine rings is 1. The van der Waals surface area contributed by atoms with E-state index in [9.17, 15) is 9.65 Å². The van der Waals surface area contributed by atoms with Crippen LogP contribution in [0.4, 0.5) is 10.1 Å². The third-order valence-electron chi connectivity index (χ3n) is 5.69. The van der Waals surface area contributed by atoms with Gasteiger partial charge in [-0.1, -0.05) is 12.8 Å². The van der Waals surface area contributed by atoms with Crippen LogP contribution in [-0.4, -0.2) is 42.1 Å². The molecule has 0 bridgehead atoms. The minimum absolute atomic E-state index is 0.271. The molecule has 1 saturated carbocycles. The summed E-state index contributed by atoms with van der Waals surface area (Å²) in [5, 5.41) is 10.3. The summed E-state index contributed by atoms with van der Waals surface area (Å²) in [4.78, 5) is 9.23. The van der Waals surface area contributed by atoms with Crippen molar-refractivity contribution < 1.29 is 4.39 Å². The van der Waals surface area contributed by atoms with Crippen molar-refractivity contribution in [2.45, 2.75) is 38.6 Å². The number of aryl methyl sites for hydroxylation is 1. The van der Waals surface area contributed by atoms with Gasteiger partial charge in [0.05, 0.1) is 16.8 Å². The Kier molecular flexibility index (Phi) is 4.30. The highest BCUT2D eigenvalue weighted by molar-refractivity contribution is 5.96. The second-order valence-electron chi connectivity index (χ2n) is 7.21. The Morgan fingerprint density at radius 2 is 1.88 bits per heavy atom. The second kappa shape index (κ2) is 6.61. The molecule has 1 aliphatic heterocycles. The van der Waals surface area contributed by atoms with Gasteiger partial charge in [-0.15, -0.1) is 0 Å². The molecule has 2 fully saturated rings. The number of aromatic nitrogens is 1. The van der Waals surface area contributed by atoms with E-state index in [0.29, 0.717) is 5.56 Å². The first kappa shape index (κ1) is 16.3. The minimum atomic E-state index is -0.271. The van der Waals surface area contributed by atoms with Crippen molar-refractivity contribution in [1.29, 1.82) is 5.26 Å². The molecule has 2 aromatic rings. The number of nitriles is 1. The quantitative estimate of drug-likeness (QED) is 0.839. The van der Waals surface area contributed by atoms with E-state index in [1.165, 1.54) is 37.8 Å². The molecule has 1 aliphatic carbocycles. The lowest BCUT2D eigenvalue weighted by molar-refractivity contribution is 0.187. The SMILES string of the molecule is Cc1cc(F)cc2c(N3CCN(C4CCCC4)CC3)c(C#N)cnc12. The third kappa shape index (κ3) is 2.96. The number of hydrogen-bond acceptors (Lipinski definition) is 4. The molecule has 25 heavy (non-hydrogen) atoms. The van der Waals surface area contributed by atoms with Crippen molar-refractivity contribution >= 4 is 16.6 Å². The van der Waals surface area contributed by atoms with Crippen LogP contribution in [0.15, 0.2) is 18.3 Å². The molecule has 4 rings (SSSR count). The molecule has 5 heteroatoms. The predicted molar refractivity (Wildman–Crippen MR) is 97.2 cm³/mol. The van der Waals surface area contributed by atoms with Crippen molar-refractivity contribution in [1.82, 2.24) is 9.88 Å². The summed E-state index contributed by atoms with van der Waals surface area (Å²) in [5.74, 6) is -0.271. The van der Waals surface area contributed by atoms with Gasteiger partial charge in [0, 0.05) is 43.8 Å². The highest BCUT2D eigenvalue weighted by atomic mass is 19.1. The molecule has 4 nitrogen and oxygen atoms in total. The number of rotatable bonds is 2. The van der Waals surface area contributed by atoms with E-state index in [4.69, 9.17) is 0 Å². The van der Waals surface area contributed by atoms with Crippen LogP contribution in [0, 0.1) is 24.1 Å². The Labute approximate surface area is 147 Å². The van der Waals surface area contributed by atoms with Crippen molar-refractivity contribution in [2.24, 2.45) is 0 Å². The van der Waals surface area contributed by atoms with Crippen LogP contribution in [-0.2, 0) is 0 Å². The Hall–Kier alpha value is -2.19. The van der Waals surface area contributed by atoms with Gasteiger partial charge in [-0.3, -0.25) is 9.88 Å². The lowest BCUT2D eigenvalue weighted by Gasteiger charge is -2.39. The molecule has 0 unspecified atom stereocenters. The number of anilines is 1. The number of nitrogens with zero attached hydrogens (tertiary/aromatic N) is 4. The van der Waals surface area contributed by atoms with Crippen LogP contribution >= 0.6 is 0 Å². The topological polar surface area (TPSA) is 43.2 Å². The van der Waals surface area contributed by atoms with Gasteiger partial charge >= 0.3 is 0 Å². The molecule has 130 valence electrons.